The molecule has 0 atom stereocenters. The van der Waals surface area contributed by atoms with Crippen molar-refractivity contribution in [3.05, 3.63) is 29.3 Å². The fourth-order valence-electron chi connectivity index (χ4n) is 1.38. The van der Waals surface area contributed by atoms with Crippen molar-refractivity contribution < 1.29 is 22.7 Å². The minimum Gasteiger partial charge on any atom is -0.375 e. The molecule has 0 aliphatic heterocycles. The lowest BCUT2D eigenvalue weighted by Crippen LogP contribution is -2.20. The molecule has 0 saturated heterocycles. The van der Waals surface area contributed by atoms with Crippen LogP contribution in [-0.2, 0) is 22.3 Å². The van der Waals surface area contributed by atoms with Crippen LogP contribution in [0.3, 0.4) is 0 Å². The molecular formula is C11H13F3N2O2. The summed E-state index contributed by atoms with van der Waals surface area (Å²) in [5, 5.41) is 2.14. The smallest absolute Gasteiger partial charge is 0.375 e. The normalized spacial score (nSPS) is 11.4. The van der Waals surface area contributed by atoms with Crippen LogP contribution >= 0.6 is 0 Å². The Labute approximate surface area is 102 Å². The van der Waals surface area contributed by atoms with Crippen LogP contribution in [0, 0.1) is 0 Å². The van der Waals surface area contributed by atoms with E-state index < -0.39 is 17.6 Å². The fraction of sp³-hybridized carbons (Fsp3) is 0.364. The molecule has 0 fully saturated rings. The van der Waals surface area contributed by atoms with Gasteiger partial charge in [0, 0.05) is 13.7 Å². The van der Waals surface area contributed by atoms with Crippen LogP contribution in [0.1, 0.15) is 11.1 Å². The minimum atomic E-state index is -4.55. The number of rotatable bonds is 4. The highest BCUT2D eigenvalue weighted by atomic mass is 19.4. The van der Waals surface area contributed by atoms with Crippen molar-refractivity contribution in [3.63, 3.8) is 0 Å². The monoisotopic (exact) mass is 262 g/mol. The molecule has 0 spiro atoms. The first-order valence-electron chi connectivity index (χ1n) is 5.07. The summed E-state index contributed by atoms with van der Waals surface area (Å²) >= 11 is 0. The third-order valence-electron chi connectivity index (χ3n) is 2.17. The number of anilines is 1. The van der Waals surface area contributed by atoms with Crippen LogP contribution in [-0.4, -0.2) is 19.6 Å². The third-order valence-corrected chi connectivity index (χ3v) is 2.17. The highest BCUT2D eigenvalue weighted by Gasteiger charge is 2.34. The van der Waals surface area contributed by atoms with Crippen LogP contribution in [0.15, 0.2) is 18.2 Å². The zero-order chi connectivity index (χ0) is 13.8. The molecular weight excluding hydrogens is 249 g/mol. The van der Waals surface area contributed by atoms with Gasteiger partial charge in [-0.1, -0.05) is 6.07 Å². The van der Waals surface area contributed by atoms with Crippen LogP contribution in [0.4, 0.5) is 18.9 Å². The largest absolute Gasteiger partial charge is 0.418 e. The van der Waals surface area contributed by atoms with Crippen molar-refractivity contribution >= 4 is 11.6 Å². The summed E-state index contributed by atoms with van der Waals surface area (Å²) in [5.41, 5.74) is 4.40. The molecule has 0 radical (unpaired) electrons. The molecule has 0 unspecified atom stereocenters. The van der Waals surface area contributed by atoms with E-state index in [9.17, 15) is 18.0 Å². The Balaban J connectivity index is 3.07. The van der Waals surface area contributed by atoms with Crippen molar-refractivity contribution in [2.45, 2.75) is 12.7 Å². The minimum absolute atomic E-state index is 0.00459. The van der Waals surface area contributed by atoms with Gasteiger partial charge in [0.1, 0.15) is 6.61 Å². The van der Waals surface area contributed by atoms with E-state index in [0.717, 1.165) is 6.07 Å². The first-order valence-corrected chi connectivity index (χ1v) is 5.07. The van der Waals surface area contributed by atoms with Crippen molar-refractivity contribution in [1.29, 1.82) is 0 Å². The van der Waals surface area contributed by atoms with E-state index in [2.05, 4.69) is 10.1 Å². The van der Waals surface area contributed by atoms with Crippen molar-refractivity contribution in [2.24, 2.45) is 5.73 Å². The lowest BCUT2D eigenvalue weighted by molar-refractivity contribution is -0.137. The number of benzene rings is 1. The van der Waals surface area contributed by atoms with Gasteiger partial charge in [-0.25, -0.2) is 0 Å². The van der Waals surface area contributed by atoms with Crippen LogP contribution in [0.2, 0.25) is 0 Å². The molecule has 1 amide bonds. The molecule has 0 aliphatic rings. The lowest BCUT2D eigenvalue weighted by atomic mass is 10.1. The van der Waals surface area contributed by atoms with Crippen LogP contribution in [0.25, 0.3) is 0 Å². The number of carbonyl (C=O) groups excluding carboxylic acids is 1. The summed E-state index contributed by atoms with van der Waals surface area (Å²) in [5.74, 6) is -0.650. The molecule has 1 aromatic carbocycles. The Hall–Kier alpha value is -1.60. The van der Waals surface area contributed by atoms with Gasteiger partial charge in [-0.3, -0.25) is 4.79 Å². The SMILES string of the molecule is COCC(=O)Nc1ccc(CN)cc1C(F)(F)F. The first-order chi connectivity index (χ1) is 8.38. The van der Waals surface area contributed by atoms with Crippen molar-refractivity contribution in [3.8, 4) is 0 Å². The molecule has 1 aromatic rings. The summed E-state index contributed by atoms with van der Waals surface area (Å²) in [6, 6.07) is 3.53. The summed E-state index contributed by atoms with van der Waals surface area (Å²) in [6.45, 7) is -0.314. The summed E-state index contributed by atoms with van der Waals surface area (Å²) < 4.78 is 42.9. The average molecular weight is 262 g/mol. The molecule has 100 valence electrons. The Morgan fingerprint density at radius 3 is 2.61 bits per heavy atom. The summed E-state index contributed by atoms with van der Waals surface area (Å²) in [4.78, 5) is 11.2. The van der Waals surface area contributed by atoms with Gasteiger partial charge in [-0.2, -0.15) is 13.2 Å². The van der Waals surface area contributed by atoms with E-state index in [-0.39, 0.29) is 18.8 Å². The number of halogens is 3. The maximum atomic E-state index is 12.8. The van der Waals surface area contributed by atoms with E-state index in [1.165, 1.54) is 19.2 Å². The predicted molar refractivity (Wildman–Crippen MR) is 59.8 cm³/mol. The molecule has 7 heteroatoms. The number of ether oxygens (including phenoxy) is 1. The Morgan fingerprint density at radius 1 is 1.44 bits per heavy atom. The number of nitrogens with one attached hydrogen (secondary N) is 1. The summed E-state index contributed by atoms with van der Waals surface area (Å²) in [7, 11) is 1.28. The quantitative estimate of drug-likeness (QED) is 0.868. The van der Waals surface area contributed by atoms with E-state index in [0.29, 0.717) is 5.56 Å². The number of amides is 1. The zero-order valence-corrected chi connectivity index (χ0v) is 9.67. The second-order valence-corrected chi connectivity index (χ2v) is 3.56. The molecule has 3 N–H and O–H groups in total. The van der Waals surface area contributed by atoms with Gasteiger partial charge >= 0.3 is 6.18 Å². The number of alkyl halides is 3. The molecule has 0 aliphatic carbocycles. The maximum absolute atomic E-state index is 12.8. The Kier molecular flexibility index (Phi) is 4.69. The molecule has 0 bridgehead atoms. The van der Waals surface area contributed by atoms with Crippen LogP contribution < -0.4 is 11.1 Å². The number of hydrogen-bond acceptors (Lipinski definition) is 3. The molecule has 0 heterocycles. The van der Waals surface area contributed by atoms with Gasteiger partial charge in [0.2, 0.25) is 5.91 Å². The van der Waals surface area contributed by atoms with Gasteiger partial charge in [0.15, 0.2) is 0 Å². The summed E-state index contributed by atoms with van der Waals surface area (Å²) in [6.07, 6.45) is -4.55. The fourth-order valence-corrected chi connectivity index (χ4v) is 1.38. The molecule has 18 heavy (non-hydrogen) atoms. The third kappa shape index (κ3) is 3.71. The molecule has 0 aromatic heterocycles. The highest BCUT2D eigenvalue weighted by molar-refractivity contribution is 5.92. The van der Waals surface area contributed by atoms with E-state index in [1.807, 2.05) is 0 Å². The van der Waals surface area contributed by atoms with Gasteiger partial charge in [-0.05, 0) is 17.7 Å². The number of hydrogen-bond donors (Lipinski definition) is 2. The standard InChI is InChI=1S/C11H13F3N2O2/c1-18-6-10(17)16-9-3-2-7(5-15)4-8(9)11(12,13)14/h2-4H,5-6,15H2,1H3,(H,16,17). The van der Waals surface area contributed by atoms with Crippen LogP contribution in [0.5, 0.6) is 0 Å². The van der Waals surface area contributed by atoms with Gasteiger partial charge < -0.3 is 15.8 Å². The maximum Gasteiger partial charge on any atom is 0.418 e. The topological polar surface area (TPSA) is 64.3 Å². The number of carbonyl (C=O) groups is 1. The number of methoxy groups -OCH3 is 1. The number of nitrogens with two attached hydrogens (primary N) is 1. The average Bonchev–Trinajstić information content (AvgIpc) is 2.28. The van der Waals surface area contributed by atoms with Gasteiger partial charge in [0.25, 0.3) is 0 Å². The lowest BCUT2D eigenvalue weighted by Gasteiger charge is -2.14. The Bertz CT molecular complexity index is 433. The Morgan fingerprint density at radius 2 is 2.11 bits per heavy atom. The molecule has 1 rings (SSSR count). The first kappa shape index (κ1) is 14.5. The zero-order valence-electron chi connectivity index (χ0n) is 9.67. The van der Waals surface area contributed by atoms with Crippen molar-refractivity contribution in [1.82, 2.24) is 0 Å². The van der Waals surface area contributed by atoms with Gasteiger partial charge in [-0.15, -0.1) is 0 Å². The predicted octanol–water partition coefficient (Wildman–Crippen LogP) is 1.75. The van der Waals surface area contributed by atoms with Crippen molar-refractivity contribution in [2.75, 3.05) is 19.0 Å². The second-order valence-electron chi connectivity index (χ2n) is 3.56. The highest BCUT2D eigenvalue weighted by Crippen LogP contribution is 2.35. The van der Waals surface area contributed by atoms with E-state index >= 15 is 0 Å². The van der Waals surface area contributed by atoms with E-state index in [4.69, 9.17) is 5.73 Å². The molecule has 4 nitrogen and oxygen atoms in total. The van der Waals surface area contributed by atoms with E-state index in [1.54, 1.807) is 0 Å². The second kappa shape index (κ2) is 5.83. The van der Waals surface area contributed by atoms with Gasteiger partial charge in [0.05, 0.1) is 11.3 Å². The molecule has 0 saturated carbocycles.